The van der Waals surface area contributed by atoms with Crippen LogP contribution in [0.5, 0.6) is 0 Å². The molecule has 0 heterocycles. The van der Waals surface area contributed by atoms with Crippen LogP contribution in [0.4, 0.5) is 0 Å². The first-order chi connectivity index (χ1) is 9.90. The van der Waals surface area contributed by atoms with E-state index in [2.05, 4.69) is 42.6 Å². The molecule has 1 saturated carbocycles. The summed E-state index contributed by atoms with van der Waals surface area (Å²) in [4.78, 5) is 0. The lowest BCUT2D eigenvalue weighted by molar-refractivity contribution is 0.285. The molecule has 1 aromatic rings. The molecule has 1 fully saturated rings. The van der Waals surface area contributed by atoms with Crippen LogP contribution in [0, 0.1) is 11.8 Å². The van der Waals surface area contributed by atoms with Crippen molar-refractivity contribution in [2.45, 2.75) is 58.3 Å². The van der Waals surface area contributed by atoms with Gasteiger partial charge < -0.3 is 5.32 Å². The maximum atomic E-state index is 3.67. The van der Waals surface area contributed by atoms with Gasteiger partial charge in [-0.2, -0.15) is 0 Å². The van der Waals surface area contributed by atoms with Crippen molar-refractivity contribution in [2.75, 3.05) is 13.1 Å². The fourth-order valence-corrected chi connectivity index (χ4v) is 3.57. The van der Waals surface area contributed by atoms with Crippen molar-refractivity contribution >= 4 is 0 Å². The molecule has 0 spiro atoms. The molecule has 0 aliphatic heterocycles. The Balaban J connectivity index is 1.95. The third-order valence-electron chi connectivity index (χ3n) is 4.74. The van der Waals surface area contributed by atoms with Crippen LogP contribution < -0.4 is 5.32 Å². The van der Waals surface area contributed by atoms with Crippen LogP contribution in [0.2, 0.25) is 0 Å². The summed E-state index contributed by atoms with van der Waals surface area (Å²) >= 11 is 0. The Bertz CT molecular complexity index is 338. The predicted octanol–water partition coefficient (Wildman–Crippen LogP) is 4.82. The average molecular weight is 273 g/mol. The molecule has 0 radical (unpaired) electrons. The van der Waals surface area contributed by atoms with Crippen LogP contribution in [-0.2, 0) is 6.42 Å². The van der Waals surface area contributed by atoms with Crippen LogP contribution >= 0.6 is 0 Å². The van der Waals surface area contributed by atoms with Crippen LogP contribution in [0.3, 0.4) is 0 Å². The van der Waals surface area contributed by atoms with Gasteiger partial charge in [0.2, 0.25) is 0 Å². The van der Waals surface area contributed by atoms with Crippen molar-refractivity contribution in [1.82, 2.24) is 5.32 Å². The zero-order valence-electron chi connectivity index (χ0n) is 13.1. The van der Waals surface area contributed by atoms with Gasteiger partial charge >= 0.3 is 0 Å². The average Bonchev–Trinajstić information content (AvgIpc) is 2.76. The highest BCUT2D eigenvalue weighted by atomic mass is 14.9. The van der Waals surface area contributed by atoms with Crippen molar-refractivity contribution in [3.8, 4) is 0 Å². The lowest BCUT2D eigenvalue weighted by Gasteiger charge is -2.27. The number of benzene rings is 1. The Morgan fingerprint density at radius 2 is 1.75 bits per heavy atom. The van der Waals surface area contributed by atoms with Gasteiger partial charge in [-0.05, 0) is 43.3 Å². The Kier molecular flexibility index (Phi) is 7.14. The minimum Gasteiger partial charge on any atom is -0.316 e. The maximum absolute atomic E-state index is 3.67. The SMILES string of the molecule is CCCNCC(Cc1ccccc1)C1CCCCCC1. The number of hydrogen-bond donors (Lipinski definition) is 1. The van der Waals surface area contributed by atoms with Gasteiger partial charge in [-0.25, -0.2) is 0 Å². The molecular formula is C19H31N. The monoisotopic (exact) mass is 273 g/mol. The predicted molar refractivity (Wildman–Crippen MR) is 88.0 cm³/mol. The minimum absolute atomic E-state index is 0.821. The Morgan fingerprint density at radius 3 is 2.40 bits per heavy atom. The smallest absolute Gasteiger partial charge is 0.00147 e. The molecule has 1 N–H and O–H groups in total. The third-order valence-corrected chi connectivity index (χ3v) is 4.74. The Morgan fingerprint density at radius 1 is 1.05 bits per heavy atom. The first-order valence-corrected chi connectivity index (χ1v) is 8.64. The van der Waals surface area contributed by atoms with Gasteiger partial charge in [-0.1, -0.05) is 75.8 Å². The molecule has 2 rings (SSSR count). The van der Waals surface area contributed by atoms with Crippen molar-refractivity contribution in [3.63, 3.8) is 0 Å². The molecule has 1 nitrogen and oxygen atoms in total. The second-order valence-corrected chi connectivity index (χ2v) is 6.41. The van der Waals surface area contributed by atoms with Crippen molar-refractivity contribution < 1.29 is 0 Å². The second-order valence-electron chi connectivity index (χ2n) is 6.41. The van der Waals surface area contributed by atoms with Gasteiger partial charge in [-0.15, -0.1) is 0 Å². The molecule has 0 amide bonds. The zero-order chi connectivity index (χ0) is 14.0. The first-order valence-electron chi connectivity index (χ1n) is 8.64. The summed E-state index contributed by atoms with van der Waals surface area (Å²) in [5.41, 5.74) is 1.51. The summed E-state index contributed by atoms with van der Waals surface area (Å²) in [5.74, 6) is 1.75. The molecule has 0 aromatic heterocycles. The molecule has 112 valence electrons. The van der Waals surface area contributed by atoms with E-state index < -0.39 is 0 Å². The van der Waals surface area contributed by atoms with Crippen molar-refractivity contribution in [1.29, 1.82) is 0 Å². The third kappa shape index (κ3) is 5.28. The van der Waals surface area contributed by atoms with E-state index in [1.54, 1.807) is 0 Å². The van der Waals surface area contributed by atoms with Crippen LogP contribution in [0.1, 0.15) is 57.4 Å². The molecule has 1 unspecified atom stereocenters. The van der Waals surface area contributed by atoms with E-state index in [0.29, 0.717) is 0 Å². The molecular weight excluding hydrogens is 242 g/mol. The second kappa shape index (κ2) is 9.18. The van der Waals surface area contributed by atoms with Gasteiger partial charge in [0.25, 0.3) is 0 Å². The molecule has 20 heavy (non-hydrogen) atoms. The highest BCUT2D eigenvalue weighted by Gasteiger charge is 2.22. The Hall–Kier alpha value is -0.820. The minimum atomic E-state index is 0.821. The largest absolute Gasteiger partial charge is 0.316 e. The van der Waals surface area contributed by atoms with E-state index in [0.717, 1.165) is 18.4 Å². The number of rotatable bonds is 7. The van der Waals surface area contributed by atoms with E-state index in [4.69, 9.17) is 0 Å². The van der Waals surface area contributed by atoms with E-state index in [-0.39, 0.29) is 0 Å². The topological polar surface area (TPSA) is 12.0 Å². The molecule has 1 aromatic carbocycles. The molecule has 0 saturated heterocycles. The summed E-state index contributed by atoms with van der Waals surface area (Å²) in [5, 5.41) is 3.67. The molecule has 1 heteroatoms. The maximum Gasteiger partial charge on any atom is -0.00147 e. The first kappa shape index (κ1) is 15.6. The highest BCUT2D eigenvalue weighted by molar-refractivity contribution is 5.15. The fourth-order valence-electron chi connectivity index (χ4n) is 3.57. The number of hydrogen-bond acceptors (Lipinski definition) is 1. The summed E-state index contributed by atoms with van der Waals surface area (Å²) in [7, 11) is 0. The summed E-state index contributed by atoms with van der Waals surface area (Å²) in [6.07, 6.45) is 11.2. The van der Waals surface area contributed by atoms with Gasteiger partial charge in [-0.3, -0.25) is 0 Å². The quantitative estimate of drug-likeness (QED) is 0.555. The normalized spacial score (nSPS) is 18.6. The van der Waals surface area contributed by atoms with E-state index in [1.807, 2.05) is 0 Å². The van der Waals surface area contributed by atoms with E-state index >= 15 is 0 Å². The fraction of sp³-hybridized carbons (Fsp3) is 0.684. The lowest BCUT2D eigenvalue weighted by atomic mass is 9.82. The molecule has 1 aliphatic rings. The van der Waals surface area contributed by atoms with Gasteiger partial charge in [0.15, 0.2) is 0 Å². The van der Waals surface area contributed by atoms with Crippen LogP contribution in [0.25, 0.3) is 0 Å². The summed E-state index contributed by atoms with van der Waals surface area (Å²) in [6, 6.07) is 11.1. The number of nitrogens with one attached hydrogen (secondary N) is 1. The van der Waals surface area contributed by atoms with Crippen molar-refractivity contribution in [2.24, 2.45) is 11.8 Å². The van der Waals surface area contributed by atoms with E-state index in [1.165, 1.54) is 63.5 Å². The van der Waals surface area contributed by atoms with Crippen LogP contribution in [-0.4, -0.2) is 13.1 Å². The standard InChI is InChI=1S/C19H31N/c1-2-14-20-16-19(15-17-10-6-5-7-11-17)18-12-8-3-4-9-13-18/h5-7,10-11,18-20H,2-4,8-9,12-16H2,1H3. The van der Waals surface area contributed by atoms with Gasteiger partial charge in [0.05, 0.1) is 0 Å². The summed E-state index contributed by atoms with van der Waals surface area (Å²) < 4.78 is 0. The summed E-state index contributed by atoms with van der Waals surface area (Å²) in [6.45, 7) is 4.62. The Labute approximate surface area is 125 Å². The van der Waals surface area contributed by atoms with Gasteiger partial charge in [0.1, 0.15) is 0 Å². The van der Waals surface area contributed by atoms with Gasteiger partial charge in [0, 0.05) is 0 Å². The zero-order valence-corrected chi connectivity index (χ0v) is 13.1. The molecule has 1 aliphatic carbocycles. The molecule has 0 bridgehead atoms. The molecule has 1 atom stereocenters. The van der Waals surface area contributed by atoms with E-state index in [9.17, 15) is 0 Å². The van der Waals surface area contributed by atoms with Crippen LogP contribution in [0.15, 0.2) is 30.3 Å². The van der Waals surface area contributed by atoms with Crippen molar-refractivity contribution in [3.05, 3.63) is 35.9 Å². The lowest BCUT2D eigenvalue weighted by Crippen LogP contribution is -2.30. The highest BCUT2D eigenvalue weighted by Crippen LogP contribution is 2.30.